The van der Waals surface area contributed by atoms with E-state index in [0.29, 0.717) is 0 Å². The van der Waals surface area contributed by atoms with Gasteiger partial charge in [-0.1, -0.05) is 13.3 Å². The molecular formula is C11H24N2. The van der Waals surface area contributed by atoms with E-state index < -0.39 is 0 Å². The van der Waals surface area contributed by atoms with Crippen molar-refractivity contribution in [2.24, 2.45) is 11.7 Å². The molecule has 1 unspecified atom stereocenters. The summed E-state index contributed by atoms with van der Waals surface area (Å²) in [5, 5.41) is 0. The van der Waals surface area contributed by atoms with Crippen LogP contribution >= 0.6 is 0 Å². The zero-order valence-electron chi connectivity index (χ0n) is 8.97. The molecule has 0 aliphatic carbocycles. The first-order valence-corrected chi connectivity index (χ1v) is 5.75. The van der Waals surface area contributed by atoms with Crippen LogP contribution in [0.1, 0.15) is 39.0 Å². The highest BCUT2D eigenvalue weighted by Gasteiger charge is 2.10. The molecule has 0 bridgehead atoms. The van der Waals surface area contributed by atoms with Crippen molar-refractivity contribution in [3.63, 3.8) is 0 Å². The van der Waals surface area contributed by atoms with Crippen molar-refractivity contribution in [1.82, 2.24) is 4.90 Å². The summed E-state index contributed by atoms with van der Waals surface area (Å²) < 4.78 is 0. The fourth-order valence-corrected chi connectivity index (χ4v) is 2.01. The molecule has 2 N–H and O–H groups in total. The first-order chi connectivity index (χ1) is 6.33. The third kappa shape index (κ3) is 4.63. The van der Waals surface area contributed by atoms with Gasteiger partial charge in [0, 0.05) is 0 Å². The maximum absolute atomic E-state index is 5.52. The number of nitrogens with zero attached hydrogens (tertiary/aromatic N) is 1. The van der Waals surface area contributed by atoms with E-state index in [-0.39, 0.29) is 0 Å². The summed E-state index contributed by atoms with van der Waals surface area (Å²) in [4.78, 5) is 2.61. The molecular weight excluding hydrogens is 160 g/mol. The van der Waals surface area contributed by atoms with Crippen molar-refractivity contribution in [3.8, 4) is 0 Å². The Morgan fingerprint density at radius 3 is 2.46 bits per heavy atom. The van der Waals surface area contributed by atoms with Crippen molar-refractivity contribution < 1.29 is 0 Å². The quantitative estimate of drug-likeness (QED) is 0.706. The Hall–Kier alpha value is -0.0800. The second kappa shape index (κ2) is 6.39. The number of hydrogen-bond donors (Lipinski definition) is 1. The molecule has 1 aliphatic heterocycles. The highest BCUT2D eigenvalue weighted by atomic mass is 15.1. The summed E-state index contributed by atoms with van der Waals surface area (Å²) in [6.45, 7) is 7.11. The number of hydrogen-bond acceptors (Lipinski definition) is 2. The lowest BCUT2D eigenvalue weighted by Crippen LogP contribution is -2.31. The molecule has 0 aromatic carbocycles. The zero-order chi connectivity index (χ0) is 9.52. The van der Waals surface area contributed by atoms with Crippen LogP contribution in [0.15, 0.2) is 0 Å². The fourth-order valence-electron chi connectivity index (χ4n) is 2.01. The van der Waals surface area contributed by atoms with Gasteiger partial charge in [0.25, 0.3) is 0 Å². The molecule has 78 valence electrons. The number of piperidine rings is 1. The molecule has 0 amide bonds. The van der Waals surface area contributed by atoms with Crippen molar-refractivity contribution in [2.75, 3.05) is 26.2 Å². The van der Waals surface area contributed by atoms with Gasteiger partial charge in [-0.25, -0.2) is 0 Å². The molecule has 2 heteroatoms. The molecule has 1 aliphatic rings. The van der Waals surface area contributed by atoms with Gasteiger partial charge in [0.2, 0.25) is 0 Å². The predicted molar refractivity (Wildman–Crippen MR) is 57.7 cm³/mol. The summed E-state index contributed by atoms with van der Waals surface area (Å²) >= 11 is 0. The van der Waals surface area contributed by atoms with E-state index in [0.717, 1.165) is 12.5 Å². The van der Waals surface area contributed by atoms with Gasteiger partial charge in [0.05, 0.1) is 0 Å². The SMILES string of the molecule is CC(CCN)CCN1CCCCC1. The Morgan fingerprint density at radius 2 is 1.85 bits per heavy atom. The largest absolute Gasteiger partial charge is 0.330 e. The van der Waals surface area contributed by atoms with E-state index in [1.807, 2.05) is 0 Å². The molecule has 1 saturated heterocycles. The molecule has 0 aromatic rings. The van der Waals surface area contributed by atoms with Gasteiger partial charge in [0.15, 0.2) is 0 Å². The zero-order valence-corrected chi connectivity index (χ0v) is 8.97. The minimum Gasteiger partial charge on any atom is -0.330 e. The lowest BCUT2D eigenvalue weighted by atomic mass is 10.0. The second-order valence-corrected chi connectivity index (χ2v) is 4.37. The van der Waals surface area contributed by atoms with Crippen LogP contribution in [0.5, 0.6) is 0 Å². The Balaban J connectivity index is 2.03. The van der Waals surface area contributed by atoms with Gasteiger partial charge in [-0.15, -0.1) is 0 Å². The first-order valence-electron chi connectivity index (χ1n) is 5.75. The Bertz CT molecular complexity index is 119. The van der Waals surface area contributed by atoms with Gasteiger partial charge in [-0.3, -0.25) is 0 Å². The molecule has 1 fully saturated rings. The lowest BCUT2D eigenvalue weighted by molar-refractivity contribution is 0.214. The summed E-state index contributed by atoms with van der Waals surface area (Å²) in [5.74, 6) is 0.812. The van der Waals surface area contributed by atoms with Crippen LogP contribution in [0.25, 0.3) is 0 Å². The molecule has 13 heavy (non-hydrogen) atoms. The molecule has 0 radical (unpaired) electrons. The van der Waals surface area contributed by atoms with Crippen LogP contribution in [0.4, 0.5) is 0 Å². The smallest absolute Gasteiger partial charge is 0.00162 e. The fraction of sp³-hybridized carbons (Fsp3) is 1.00. The second-order valence-electron chi connectivity index (χ2n) is 4.37. The van der Waals surface area contributed by atoms with Crippen LogP contribution in [-0.2, 0) is 0 Å². The average molecular weight is 184 g/mol. The Labute approximate surface area is 82.5 Å². The average Bonchev–Trinajstić information content (AvgIpc) is 2.17. The maximum atomic E-state index is 5.52. The summed E-state index contributed by atoms with van der Waals surface area (Å²) in [7, 11) is 0. The van der Waals surface area contributed by atoms with Gasteiger partial charge in [-0.05, 0) is 57.8 Å². The maximum Gasteiger partial charge on any atom is -0.00162 e. The van der Waals surface area contributed by atoms with Crippen molar-refractivity contribution in [3.05, 3.63) is 0 Å². The minimum atomic E-state index is 0.812. The monoisotopic (exact) mass is 184 g/mol. The predicted octanol–water partition coefficient (Wildman–Crippen LogP) is 1.85. The van der Waals surface area contributed by atoms with Gasteiger partial charge in [-0.2, -0.15) is 0 Å². The number of likely N-dealkylation sites (tertiary alicyclic amines) is 1. The molecule has 0 aromatic heterocycles. The van der Waals surface area contributed by atoms with Gasteiger partial charge >= 0.3 is 0 Å². The number of nitrogens with two attached hydrogens (primary N) is 1. The normalized spacial score (nSPS) is 21.7. The van der Waals surface area contributed by atoms with Crippen LogP contribution in [0, 0.1) is 5.92 Å². The van der Waals surface area contributed by atoms with Gasteiger partial charge < -0.3 is 10.6 Å². The van der Waals surface area contributed by atoms with E-state index in [1.54, 1.807) is 0 Å². The van der Waals surface area contributed by atoms with Crippen LogP contribution < -0.4 is 5.73 Å². The van der Waals surface area contributed by atoms with E-state index in [2.05, 4.69) is 11.8 Å². The molecule has 1 atom stereocenters. The number of rotatable bonds is 5. The lowest BCUT2D eigenvalue weighted by Gasteiger charge is -2.27. The summed E-state index contributed by atoms with van der Waals surface area (Å²) in [6.07, 6.45) is 6.77. The summed E-state index contributed by atoms with van der Waals surface area (Å²) in [5.41, 5.74) is 5.52. The molecule has 0 saturated carbocycles. The standard InChI is InChI=1S/C11H24N2/c1-11(5-7-12)6-10-13-8-3-2-4-9-13/h11H,2-10,12H2,1H3. The van der Waals surface area contributed by atoms with Crippen molar-refractivity contribution in [1.29, 1.82) is 0 Å². The summed E-state index contributed by atoms with van der Waals surface area (Å²) in [6, 6.07) is 0. The highest BCUT2D eigenvalue weighted by Crippen LogP contribution is 2.12. The first kappa shape index (κ1) is 11.0. The third-order valence-electron chi connectivity index (χ3n) is 3.05. The minimum absolute atomic E-state index is 0.812. The van der Waals surface area contributed by atoms with E-state index in [4.69, 9.17) is 5.73 Å². The molecule has 1 rings (SSSR count). The Kier molecular flexibility index (Phi) is 5.40. The molecule has 0 spiro atoms. The van der Waals surface area contributed by atoms with Crippen LogP contribution in [0.2, 0.25) is 0 Å². The molecule has 1 heterocycles. The topological polar surface area (TPSA) is 29.3 Å². The third-order valence-corrected chi connectivity index (χ3v) is 3.05. The van der Waals surface area contributed by atoms with Crippen molar-refractivity contribution >= 4 is 0 Å². The van der Waals surface area contributed by atoms with Crippen LogP contribution in [-0.4, -0.2) is 31.1 Å². The highest BCUT2D eigenvalue weighted by molar-refractivity contribution is 4.66. The van der Waals surface area contributed by atoms with E-state index >= 15 is 0 Å². The van der Waals surface area contributed by atoms with Gasteiger partial charge in [0.1, 0.15) is 0 Å². The van der Waals surface area contributed by atoms with E-state index in [9.17, 15) is 0 Å². The Morgan fingerprint density at radius 1 is 1.15 bits per heavy atom. The molecule has 2 nitrogen and oxygen atoms in total. The van der Waals surface area contributed by atoms with Crippen LogP contribution in [0.3, 0.4) is 0 Å². The van der Waals surface area contributed by atoms with E-state index in [1.165, 1.54) is 51.7 Å². The van der Waals surface area contributed by atoms with Crippen molar-refractivity contribution in [2.45, 2.75) is 39.0 Å².